The van der Waals surface area contributed by atoms with Gasteiger partial charge in [-0.05, 0) is 6.42 Å². The predicted molar refractivity (Wildman–Crippen MR) is 57.7 cm³/mol. The molecule has 0 saturated carbocycles. The molecular weight excluding hydrogens is 206 g/mol. The number of hydrogen-bond donors (Lipinski definition) is 0. The van der Waals surface area contributed by atoms with Gasteiger partial charge in [0.2, 0.25) is 5.60 Å². The summed E-state index contributed by atoms with van der Waals surface area (Å²) in [6, 6.07) is 9.11. The highest BCUT2D eigenvalue weighted by Gasteiger charge is 2.52. The Kier molecular flexibility index (Phi) is 2.42. The number of hydrogen-bond acceptors (Lipinski definition) is 3. The van der Waals surface area contributed by atoms with E-state index in [0.717, 1.165) is 10.5 Å². The van der Waals surface area contributed by atoms with Crippen molar-refractivity contribution in [2.45, 2.75) is 18.9 Å². The van der Waals surface area contributed by atoms with Crippen molar-refractivity contribution in [3.63, 3.8) is 0 Å². The first-order valence-corrected chi connectivity index (χ1v) is 5.18. The second-order valence-electron chi connectivity index (χ2n) is 3.78. The molecule has 2 rings (SSSR count). The van der Waals surface area contributed by atoms with E-state index in [9.17, 15) is 9.59 Å². The highest BCUT2D eigenvalue weighted by Crippen LogP contribution is 2.36. The predicted octanol–water partition coefficient (Wildman–Crippen LogP) is 1.90. The summed E-state index contributed by atoms with van der Waals surface area (Å²) in [5.74, 6) is -0.300. The van der Waals surface area contributed by atoms with Crippen LogP contribution in [0, 0.1) is 0 Å². The number of amides is 2. The second-order valence-corrected chi connectivity index (χ2v) is 3.78. The number of imide groups is 1. The first kappa shape index (κ1) is 10.7. The maximum Gasteiger partial charge on any atom is 0.417 e. The van der Waals surface area contributed by atoms with E-state index in [1.54, 1.807) is 12.1 Å². The van der Waals surface area contributed by atoms with E-state index in [4.69, 9.17) is 4.74 Å². The van der Waals surface area contributed by atoms with Gasteiger partial charge in [0, 0.05) is 12.6 Å². The van der Waals surface area contributed by atoms with E-state index in [0.29, 0.717) is 6.42 Å². The number of nitrogens with zero attached hydrogens (tertiary/aromatic N) is 1. The van der Waals surface area contributed by atoms with Crippen LogP contribution in [0.2, 0.25) is 0 Å². The molecule has 0 radical (unpaired) electrons. The molecule has 0 bridgehead atoms. The van der Waals surface area contributed by atoms with E-state index < -0.39 is 11.7 Å². The Morgan fingerprint density at radius 2 is 1.88 bits per heavy atom. The molecule has 0 unspecified atom stereocenters. The molecule has 16 heavy (non-hydrogen) atoms. The van der Waals surface area contributed by atoms with Crippen LogP contribution in [0.4, 0.5) is 4.79 Å². The van der Waals surface area contributed by atoms with E-state index in [-0.39, 0.29) is 5.91 Å². The quantitative estimate of drug-likeness (QED) is 0.763. The molecule has 1 aliphatic heterocycles. The van der Waals surface area contributed by atoms with Crippen molar-refractivity contribution in [3.8, 4) is 0 Å². The number of likely N-dealkylation sites (N-methyl/N-ethyl adjacent to an activating group) is 1. The third-order valence-corrected chi connectivity index (χ3v) is 2.92. The fourth-order valence-corrected chi connectivity index (χ4v) is 1.93. The number of cyclic esters (lactones) is 1. The van der Waals surface area contributed by atoms with Crippen LogP contribution < -0.4 is 0 Å². The fraction of sp³-hybridized carbons (Fsp3) is 0.333. The van der Waals surface area contributed by atoms with Gasteiger partial charge < -0.3 is 4.74 Å². The van der Waals surface area contributed by atoms with Crippen LogP contribution in [0.3, 0.4) is 0 Å². The number of rotatable bonds is 2. The number of ether oxygens (including phenoxy) is 1. The van der Waals surface area contributed by atoms with Gasteiger partial charge in [0.15, 0.2) is 0 Å². The summed E-state index contributed by atoms with van der Waals surface area (Å²) >= 11 is 0. The number of benzene rings is 1. The van der Waals surface area contributed by atoms with Crippen molar-refractivity contribution in [2.75, 3.05) is 7.05 Å². The van der Waals surface area contributed by atoms with Crippen LogP contribution in [0.5, 0.6) is 0 Å². The van der Waals surface area contributed by atoms with Gasteiger partial charge in [0.1, 0.15) is 0 Å². The third-order valence-electron chi connectivity index (χ3n) is 2.92. The Morgan fingerprint density at radius 1 is 1.25 bits per heavy atom. The Balaban J connectivity index is 2.50. The minimum atomic E-state index is -1.13. The summed E-state index contributed by atoms with van der Waals surface area (Å²) in [7, 11) is 1.44. The summed E-state index contributed by atoms with van der Waals surface area (Å²) in [6.07, 6.45) is -0.151. The molecule has 0 N–H and O–H groups in total. The summed E-state index contributed by atoms with van der Waals surface area (Å²) < 4.78 is 5.25. The molecule has 4 heteroatoms. The summed E-state index contributed by atoms with van der Waals surface area (Å²) in [6.45, 7) is 1.83. The van der Waals surface area contributed by atoms with E-state index >= 15 is 0 Å². The van der Waals surface area contributed by atoms with Gasteiger partial charge in [-0.2, -0.15) is 0 Å². The Bertz CT molecular complexity index is 429. The zero-order valence-corrected chi connectivity index (χ0v) is 9.27. The fourth-order valence-electron chi connectivity index (χ4n) is 1.93. The lowest BCUT2D eigenvalue weighted by Crippen LogP contribution is -2.36. The first-order chi connectivity index (χ1) is 7.62. The largest absolute Gasteiger partial charge is 0.427 e. The molecule has 1 fully saturated rings. The van der Waals surface area contributed by atoms with E-state index in [1.165, 1.54) is 7.05 Å². The smallest absolute Gasteiger partial charge is 0.417 e. The van der Waals surface area contributed by atoms with E-state index in [2.05, 4.69) is 0 Å². The minimum absolute atomic E-state index is 0.300. The normalized spacial score (nSPS) is 24.8. The number of carbonyl (C=O) groups excluding carboxylic acids is 2. The molecule has 1 aromatic carbocycles. The van der Waals surface area contributed by atoms with Gasteiger partial charge in [-0.1, -0.05) is 37.3 Å². The molecule has 2 amide bonds. The first-order valence-electron chi connectivity index (χ1n) is 5.18. The maximum atomic E-state index is 12.0. The van der Waals surface area contributed by atoms with Crippen molar-refractivity contribution < 1.29 is 14.3 Å². The molecule has 4 nitrogen and oxygen atoms in total. The zero-order chi connectivity index (χ0) is 11.8. The maximum absolute atomic E-state index is 12.0. The Hall–Kier alpha value is -1.84. The topological polar surface area (TPSA) is 46.6 Å². The second kappa shape index (κ2) is 3.63. The third kappa shape index (κ3) is 1.30. The lowest BCUT2D eigenvalue weighted by molar-refractivity contribution is -0.137. The SMILES string of the molecule is CC[C@@]1(c2ccccc2)OC(=O)N(C)C1=O. The molecule has 0 aliphatic carbocycles. The van der Waals surface area contributed by atoms with Crippen molar-refractivity contribution >= 4 is 12.0 Å². The number of carbonyl (C=O) groups is 2. The molecule has 0 spiro atoms. The molecule has 1 atom stereocenters. The van der Waals surface area contributed by atoms with Gasteiger partial charge in [-0.15, -0.1) is 0 Å². The van der Waals surface area contributed by atoms with Crippen LogP contribution in [-0.2, 0) is 15.1 Å². The monoisotopic (exact) mass is 219 g/mol. The zero-order valence-electron chi connectivity index (χ0n) is 9.27. The van der Waals surface area contributed by atoms with Crippen LogP contribution in [0.15, 0.2) is 30.3 Å². The van der Waals surface area contributed by atoms with Gasteiger partial charge in [-0.3, -0.25) is 4.79 Å². The van der Waals surface area contributed by atoms with Crippen molar-refractivity contribution in [2.24, 2.45) is 0 Å². The van der Waals surface area contributed by atoms with Crippen LogP contribution in [0.25, 0.3) is 0 Å². The van der Waals surface area contributed by atoms with Crippen LogP contribution in [0.1, 0.15) is 18.9 Å². The summed E-state index contributed by atoms with van der Waals surface area (Å²) in [5, 5.41) is 0. The average Bonchev–Trinajstić information content (AvgIpc) is 2.55. The van der Waals surface area contributed by atoms with Crippen molar-refractivity contribution in [1.82, 2.24) is 4.90 Å². The van der Waals surface area contributed by atoms with Gasteiger partial charge in [0.25, 0.3) is 5.91 Å². The Labute approximate surface area is 93.8 Å². The lowest BCUT2D eigenvalue weighted by atomic mass is 9.90. The van der Waals surface area contributed by atoms with Gasteiger partial charge >= 0.3 is 6.09 Å². The highest BCUT2D eigenvalue weighted by molar-refractivity contribution is 6.03. The highest BCUT2D eigenvalue weighted by atomic mass is 16.6. The summed E-state index contributed by atoms with van der Waals surface area (Å²) in [5.41, 5.74) is -0.409. The lowest BCUT2D eigenvalue weighted by Gasteiger charge is -2.23. The summed E-state index contributed by atoms with van der Waals surface area (Å²) in [4.78, 5) is 24.5. The Morgan fingerprint density at radius 3 is 2.31 bits per heavy atom. The minimum Gasteiger partial charge on any atom is -0.427 e. The molecule has 1 saturated heterocycles. The van der Waals surface area contributed by atoms with E-state index in [1.807, 2.05) is 25.1 Å². The molecule has 1 heterocycles. The van der Waals surface area contributed by atoms with Gasteiger partial charge in [-0.25, -0.2) is 9.69 Å². The molecule has 0 aromatic heterocycles. The van der Waals surface area contributed by atoms with Crippen molar-refractivity contribution in [1.29, 1.82) is 0 Å². The molecule has 1 aliphatic rings. The molecular formula is C12H13NO3. The van der Waals surface area contributed by atoms with Crippen LogP contribution >= 0.6 is 0 Å². The molecule has 1 aromatic rings. The standard InChI is InChI=1S/C12H13NO3/c1-3-12(9-7-5-4-6-8-9)10(14)13(2)11(15)16-12/h4-8H,3H2,1-2H3/t12-/m0/s1. The van der Waals surface area contributed by atoms with Gasteiger partial charge in [0.05, 0.1) is 0 Å². The van der Waals surface area contributed by atoms with Crippen molar-refractivity contribution in [3.05, 3.63) is 35.9 Å². The average molecular weight is 219 g/mol. The molecule has 84 valence electrons. The van der Waals surface area contributed by atoms with Crippen LogP contribution in [-0.4, -0.2) is 23.9 Å².